The normalized spacial score (nSPS) is 25.8. The number of aromatic nitrogens is 1. The van der Waals surface area contributed by atoms with Crippen molar-refractivity contribution >= 4 is 17.2 Å². The maximum Gasteiger partial charge on any atom is 0.220 e. The highest BCUT2D eigenvalue weighted by molar-refractivity contribution is 7.09. The van der Waals surface area contributed by atoms with Crippen LogP contribution < -0.4 is 11.1 Å². The van der Waals surface area contributed by atoms with Gasteiger partial charge < -0.3 is 11.1 Å². The number of nitrogens with two attached hydrogens (primary N) is 1. The van der Waals surface area contributed by atoms with E-state index >= 15 is 0 Å². The molecule has 0 radical (unpaired) electrons. The quantitative estimate of drug-likeness (QED) is 0.800. The van der Waals surface area contributed by atoms with Crippen LogP contribution in [-0.2, 0) is 10.2 Å². The van der Waals surface area contributed by atoms with E-state index in [1.54, 1.807) is 11.3 Å². The first-order valence-corrected chi connectivity index (χ1v) is 6.77. The lowest BCUT2D eigenvalue weighted by Gasteiger charge is -2.28. The zero-order chi connectivity index (χ0) is 12.6. The Morgan fingerprint density at radius 1 is 1.53 bits per heavy atom. The third-order valence-electron chi connectivity index (χ3n) is 2.93. The number of nitrogens with one attached hydrogen (secondary N) is 1. The fourth-order valence-electron chi connectivity index (χ4n) is 1.88. The lowest BCUT2D eigenvalue weighted by atomic mass is 9.96. The SMILES string of the molecule is CC(C)(C)c1nc(C2NC(=O)CCC2N)cs1. The maximum absolute atomic E-state index is 11.4. The molecule has 0 aliphatic carbocycles. The van der Waals surface area contributed by atoms with Crippen molar-refractivity contribution in [3.05, 3.63) is 16.1 Å². The smallest absolute Gasteiger partial charge is 0.220 e. The second kappa shape index (κ2) is 4.38. The predicted molar refractivity (Wildman–Crippen MR) is 68.9 cm³/mol. The molecule has 4 nitrogen and oxygen atoms in total. The summed E-state index contributed by atoms with van der Waals surface area (Å²) in [7, 11) is 0. The molecule has 0 spiro atoms. The van der Waals surface area contributed by atoms with E-state index in [0.29, 0.717) is 6.42 Å². The van der Waals surface area contributed by atoms with Crippen molar-refractivity contribution < 1.29 is 4.79 Å². The van der Waals surface area contributed by atoms with Crippen LogP contribution in [0.1, 0.15) is 50.4 Å². The van der Waals surface area contributed by atoms with Gasteiger partial charge in [0.25, 0.3) is 0 Å². The van der Waals surface area contributed by atoms with Gasteiger partial charge in [-0.2, -0.15) is 0 Å². The molecule has 5 heteroatoms. The molecule has 2 rings (SSSR count). The Balaban J connectivity index is 2.22. The van der Waals surface area contributed by atoms with E-state index in [1.807, 2.05) is 5.38 Å². The number of carbonyl (C=O) groups excluding carboxylic acids is 1. The zero-order valence-corrected chi connectivity index (χ0v) is 11.3. The minimum atomic E-state index is -0.122. The Bertz CT molecular complexity index is 422. The Morgan fingerprint density at radius 3 is 2.82 bits per heavy atom. The lowest BCUT2D eigenvalue weighted by Crippen LogP contribution is -2.45. The largest absolute Gasteiger partial charge is 0.346 e. The van der Waals surface area contributed by atoms with E-state index in [4.69, 9.17) is 5.73 Å². The first kappa shape index (κ1) is 12.5. The molecule has 0 bridgehead atoms. The number of carbonyl (C=O) groups is 1. The van der Waals surface area contributed by atoms with Crippen LogP contribution in [0.5, 0.6) is 0 Å². The molecular weight excluding hydrogens is 234 g/mol. The lowest BCUT2D eigenvalue weighted by molar-refractivity contribution is -0.123. The minimum Gasteiger partial charge on any atom is -0.346 e. The van der Waals surface area contributed by atoms with E-state index in [0.717, 1.165) is 17.1 Å². The second-order valence-corrected chi connectivity index (χ2v) is 6.43. The average molecular weight is 253 g/mol. The number of hydrogen-bond acceptors (Lipinski definition) is 4. The van der Waals surface area contributed by atoms with Gasteiger partial charge in [0, 0.05) is 23.3 Å². The van der Waals surface area contributed by atoms with Gasteiger partial charge in [-0.25, -0.2) is 4.98 Å². The van der Waals surface area contributed by atoms with Crippen LogP contribution in [0.2, 0.25) is 0 Å². The molecule has 2 heterocycles. The number of nitrogens with zero attached hydrogens (tertiary/aromatic N) is 1. The summed E-state index contributed by atoms with van der Waals surface area (Å²) in [6.45, 7) is 6.40. The zero-order valence-electron chi connectivity index (χ0n) is 10.5. The number of hydrogen-bond donors (Lipinski definition) is 2. The highest BCUT2D eigenvalue weighted by Gasteiger charge is 2.30. The van der Waals surface area contributed by atoms with E-state index in [2.05, 4.69) is 31.1 Å². The van der Waals surface area contributed by atoms with Gasteiger partial charge in [-0.3, -0.25) is 4.79 Å². The summed E-state index contributed by atoms with van der Waals surface area (Å²) in [6.07, 6.45) is 1.26. The number of amides is 1. The molecular formula is C12H19N3OS. The number of thiazole rings is 1. The summed E-state index contributed by atoms with van der Waals surface area (Å²) in [5.74, 6) is 0.0713. The van der Waals surface area contributed by atoms with Crippen LogP contribution in [0.4, 0.5) is 0 Å². The first-order valence-electron chi connectivity index (χ1n) is 5.89. The van der Waals surface area contributed by atoms with Gasteiger partial charge in [-0.05, 0) is 6.42 Å². The van der Waals surface area contributed by atoms with Crippen molar-refractivity contribution in [3.63, 3.8) is 0 Å². The Morgan fingerprint density at radius 2 is 2.24 bits per heavy atom. The van der Waals surface area contributed by atoms with Crippen LogP contribution in [0.25, 0.3) is 0 Å². The Labute approximate surface area is 106 Å². The van der Waals surface area contributed by atoms with Crippen LogP contribution in [0.3, 0.4) is 0 Å². The molecule has 17 heavy (non-hydrogen) atoms. The third kappa shape index (κ3) is 2.66. The standard InChI is InChI=1S/C12H19N3OS/c1-12(2,3)11-14-8(6-17-11)10-7(13)4-5-9(16)15-10/h6-7,10H,4-5,13H2,1-3H3,(H,15,16). The first-order chi connectivity index (χ1) is 7.88. The van der Waals surface area contributed by atoms with Crippen molar-refractivity contribution in [1.29, 1.82) is 0 Å². The summed E-state index contributed by atoms with van der Waals surface area (Å²) < 4.78 is 0. The third-order valence-corrected chi connectivity index (χ3v) is 4.22. The molecule has 0 aromatic carbocycles. The molecule has 3 N–H and O–H groups in total. The molecule has 2 unspecified atom stereocenters. The summed E-state index contributed by atoms with van der Waals surface area (Å²) in [5, 5.41) is 6.02. The molecule has 1 aromatic rings. The summed E-state index contributed by atoms with van der Waals surface area (Å²) >= 11 is 1.64. The molecule has 2 atom stereocenters. The van der Waals surface area contributed by atoms with Crippen molar-refractivity contribution in [1.82, 2.24) is 10.3 Å². The molecule has 1 aromatic heterocycles. The predicted octanol–water partition coefficient (Wildman–Crippen LogP) is 1.72. The molecule has 1 saturated heterocycles. The van der Waals surface area contributed by atoms with E-state index in [-0.39, 0.29) is 23.4 Å². The van der Waals surface area contributed by atoms with Crippen molar-refractivity contribution in [3.8, 4) is 0 Å². The molecule has 1 fully saturated rings. The van der Waals surface area contributed by atoms with Gasteiger partial charge >= 0.3 is 0 Å². The van der Waals surface area contributed by atoms with Gasteiger partial charge in [0.05, 0.1) is 16.7 Å². The fraction of sp³-hybridized carbons (Fsp3) is 0.667. The summed E-state index contributed by atoms with van der Waals surface area (Å²) in [4.78, 5) is 16.0. The van der Waals surface area contributed by atoms with Crippen LogP contribution in [0, 0.1) is 0 Å². The molecule has 0 saturated carbocycles. The Hall–Kier alpha value is -0.940. The highest BCUT2D eigenvalue weighted by atomic mass is 32.1. The summed E-state index contributed by atoms with van der Waals surface area (Å²) in [6, 6.07) is -0.147. The van der Waals surface area contributed by atoms with Gasteiger partial charge in [-0.15, -0.1) is 11.3 Å². The minimum absolute atomic E-state index is 0.0254. The molecule has 1 amide bonds. The monoisotopic (exact) mass is 253 g/mol. The molecule has 94 valence electrons. The topological polar surface area (TPSA) is 68.0 Å². The van der Waals surface area contributed by atoms with Gasteiger partial charge in [0.2, 0.25) is 5.91 Å². The van der Waals surface area contributed by atoms with Crippen LogP contribution in [0.15, 0.2) is 5.38 Å². The second-order valence-electron chi connectivity index (χ2n) is 5.58. The van der Waals surface area contributed by atoms with E-state index in [1.165, 1.54) is 0 Å². The van der Waals surface area contributed by atoms with Crippen LogP contribution in [-0.4, -0.2) is 16.9 Å². The van der Waals surface area contributed by atoms with Gasteiger partial charge in [0.15, 0.2) is 0 Å². The van der Waals surface area contributed by atoms with E-state index < -0.39 is 0 Å². The van der Waals surface area contributed by atoms with Crippen molar-refractivity contribution in [2.45, 2.75) is 51.1 Å². The van der Waals surface area contributed by atoms with Crippen molar-refractivity contribution in [2.24, 2.45) is 5.73 Å². The average Bonchev–Trinajstić information content (AvgIpc) is 2.70. The fourth-order valence-corrected chi connectivity index (χ4v) is 2.83. The van der Waals surface area contributed by atoms with Gasteiger partial charge in [0.1, 0.15) is 0 Å². The maximum atomic E-state index is 11.4. The summed E-state index contributed by atoms with van der Waals surface area (Å²) in [5.41, 5.74) is 6.99. The molecule has 1 aliphatic rings. The Kier molecular flexibility index (Phi) is 3.23. The van der Waals surface area contributed by atoms with Gasteiger partial charge in [-0.1, -0.05) is 20.8 Å². The number of rotatable bonds is 1. The molecule has 1 aliphatic heterocycles. The van der Waals surface area contributed by atoms with E-state index in [9.17, 15) is 4.79 Å². The van der Waals surface area contributed by atoms with Crippen molar-refractivity contribution in [2.75, 3.05) is 0 Å². The highest BCUT2D eigenvalue weighted by Crippen LogP contribution is 2.30. The van der Waals surface area contributed by atoms with Crippen LogP contribution >= 0.6 is 11.3 Å². The number of piperidine rings is 1.